The van der Waals surface area contributed by atoms with Gasteiger partial charge in [0.25, 0.3) is 0 Å². The summed E-state index contributed by atoms with van der Waals surface area (Å²) in [5.74, 6) is 0. The van der Waals surface area contributed by atoms with Crippen molar-refractivity contribution in [1.82, 2.24) is 5.32 Å². The largest absolute Gasteiger partial charge is 0.310 e. The number of hydrogen-bond donors (Lipinski definition) is 1. The van der Waals surface area contributed by atoms with E-state index < -0.39 is 0 Å². The van der Waals surface area contributed by atoms with Crippen molar-refractivity contribution in [2.75, 3.05) is 6.54 Å². The van der Waals surface area contributed by atoms with E-state index in [1.165, 1.54) is 35.1 Å². The zero-order valence-electron chi connectivity index (χ0n) is 10.5. The average Bonchev–Trinajstić information content (AvgIpc) is 2.96. The minimum Gasteiger partial charge on any atom is -0.310 e. The van der Waals surface area contributed by atoms with Gasteiger partial charge in [0.1, 0.15) is 0 Å². The number of nitrogens with one attached hydrogen (secondary N) is 1. The predicted molar refractivity (Wildman–Crippen MR) is 70.6 cm³/mol. The van der Waals surface area contributed by atoms with Gasteiger partial charge in [0, 0.05) is 12.6 Å². The van der Waals surface area contributed by atoms with Crippen LogP contribution in [0.3, 0.4) is 0 Å². The van der Waals surface area contributed by atoms with Gasteiger partial charge in [-0.05, 0) is 39.2 Å². The van der Waals surface area contributed by atoms with Crippen LogP contribution in [-0.2, 0) is 0 Å². The fourth-order valence-electron chi connectivity index (χ4n) is 2.02. The summed E-state index contributed by atoms with van der Waals surface area (Å²) >= 11 is 0. The van der Waals surface area contributed by atoms with E-state index in [-0.39, 0.29) is 0 Å². The second-order valence-corrected chi connectivity index (χ2v) is 5.07. The summed E-state index contributed by atoms with van der Waals surface area (Å²) in [5.41, 5.74) is 5.42. The molecule has 16 heavy (non-hydrogen) atoms. The third-order valence-corrected chi connectivity index (χ3v) is 2.90. The van der Waals surface area contributed by atoms with Crippen LogP contribution >= 0.6 is 0 Å². The van der Waals surface area contributed by atoms with Gasteiger partial charge in [-0.1, -0.05) is 41.0 Å². The van der Waals surface area contributed by atoms with E-state index in [2.05, 4.69) is 50.4 Å². The van der Waals surface area contributed by atoms with Crippen LogP contribution in [0.15, 0.2) is 23.8 Å². The summed E-state index contributed by atoms with van der Waals surface area (Å²) in [6, 6.07) is 7.50. The van der Waals surface area contributed by atoms with Gasteiger partial charge in [0.05, 0.1) is 0 Å². The van der Waals surface area contributed by atoms with Crippen LogP contribution in [-0.4, -0.2) is 12.6 Å². The molecule has 0 aliphatic heterocycles. The topological polar surface area (TPSA) is 12.0 Å². The molecule has 1 aromatic rings. The van der Waals surface area contributed by atoms with Crippen molar-refractivity contribution in [3.63, 3.8) is 0 Å². The fourth-order valence-corrected chi connectivity index (χ4v) is 2.02. The highest BCUT2D eigenvalue weighted by Crippen LogP contribution is 2.19. The molecule has 1 aromatic carbocycles. The second kappa shape index (κ2) is 4.84. The van der Waals surface area contributed by atoms with Gasteiger partial charge in [-0.25, -0.2) is 0 Å². The molecule has 1 fully saturated rings. The first kappa shape index (κ1) is 11.4. The van der Waals surface area contributed by atoms with Gasteiger partial charge in [0.2, 0.25) is 0 Å². The van der Waals surface area contributed by atoms with Crippen molar-refractivity contribution >= 4 is 6.08 Å². The Hall–Kier alpha value is -1.08. The molecule has 0 radical (unpaired) electrons. The van der Waals surface area contributed by atoms with Crippen LogP contribution in [0.25, 0.3) is 6.08 Å². The van der Waals surface area contributed by atoms with Gasteiger partial charge >= 0.3 is 0 Å². The number of aryl methyl sites for hydroxylation is 2. The molecule has 1 saturated carbocycles. The Bertz CT molecular complexity index is 380. The van der Waals surface area contributed by atoms with Crippen molar-refractivity contribution in [3.8, 4) is 0 Å². The van der Waals surface area contributed by atoms with Crippen LogP contribution in [0.4, 0.5) is 0 Å². The van der Waals surface area contributed by atoms with Crippen LogP contribution in [0.2, 0.25) is 0 Å². The van der Waals surface area contributed by atoms with Crippen molar-refractivity contribution in [3.05, 3.63) is 40.5 Å². The SMILES string of the molecule is CC(=Cc1cc(C)cc(C)c1)CNC1CC1. The molecule has 0 heterocycles. The first-order chi connectivity index (χ1) is 7.63. The maximum Gasteiger partial charge on any atom is 0.0167 e. The zero-order valence-corrected chi connectivity index (χ0v) is 10.5. The summed E-state index contributed by atoms with van der Waals surface area (Å²) in [4.78, 5) is 0. The van der Waals surface area contributed by atoms with E-state index in [1.54, 1.807) is 0 Å². The lowest BCUT2D eigenvalue weighted by molar-refractivity contribution is 0.736. The van der Waals surface area contributed by atoms with E-state index in [0.29, 0.717) is 0 Å². The zero-order chi connectivity index (χ0) is 11.5. The van der Waals surface area contributed by atoms with Gasteiger partial charge in [0.15, 0.2) is 0 Å². The predicted octanol–water partition coefficient (Wildman–Crippen LogP) is 3.46. The summed E-state index contributed by atoms with van der Waals surface area (Å²) in [6.45, 7) is 7.54. The van der Waals surface area contributed by atoms with Gasteiger partial charge in [-0.2, -0.15) is 0 Å². The lowest BCUT2D eigenvalue weighted by Crippen LogP contribution is -2.18. The molecule has 1 aliphatic rings. The number of rotatable bonds is 4. The molecule has 0 unspecified atom stereocenters. The molecule has 1 heteroatoms. The molecule has 0 bridgehead atoms. The Morgan fingerprint density at radius 1 is 1.25 bits per heavy atom. The number of benzene rings is 1. The maximum absolute atomic E-state index is 3.54. The molecule has 1 aliphatic carbocycles. The van der Waals surface area contributed by atoms with E-state index in [4.69, 9.17) is 0 Å². The standard InChI is InChI=1S/C15H21N/c1-11-6-12(2)8-14(7-11)9-13(3)10-16-15-4-5-15/h6-9,15-16H,4-5,10H2,1-3H3. The highest BCUT2D eigenvalue weighted by Gasteiger charge is 2.19. The van der Waals surface area contributed by atoms with Crippen molar-refractivity contribution in [2.24, 2.45) is 0 Å². The molecule has 1 nitrogen and oxygen atoms in total. The first-order valence-corrected chi connectivity index (χ1v) is 6.12. The summed E-state index contributed by atoms with van der Waals surface area (Å²) < 4.78 is 0. The Kier molecular flexibility index (Phi) is 3.45. The molecule has 0 spiro atoms. The first-order valence-electron chi connectivity index (χ1n) is 6.12. The highest BCUT2D eigenvalue weighted by atomic mass is 14.9. The number of hydrogen-bond acceptors (Lipinski definition) is 1. The average molecular weight is 215 g/mol. The van der Waals surface area contributed by atoms with Crippen LogP contribution in [0.1, 0.15) is 36.5 Å². The lowest BCUT2D eigenvalue weighted by atomic mass is 10.1. The summed E-state index contributed by atoms with van der Waals surface area (Å²) in [5, 5.41) is 3.54. The van der Waals surface area contributed by atoms with E-state index in [1.807, 2.05) is 0 Å². The smallest absolute Gasteiger partial charge is 0.0167 e. The molecular formula is C15H21N. The molecule has 0 atom stereocenters. The Labute approximate surface area is 98.6 Å². The van der Waals surface area contributed by atoms with Crippen molar-refractivity contribution in [1.29, 1.82) is 0 Å². The van der Waals surface area contributed by atoms with E-state index in [9.17, 15) is 0 Å². The van der Waals surface area contributed by atoms with E-state index >= 15 is 0 Å². The molecule has 86 valence electrons. The van der Waals surface area contributed by atoms with Crippen LogP contribution in [0, 0.1) is 13.8 Å². The lowest BCUT2D eigenvalue weighted by Gasteiger charge is -2.05. The second-order valence-electron chi connectivity index (χ2n) is 5.07. The van der Waals surface area contributed by atoms with Crippen LogP contribution in [0.5, 0.6) is 0 Å². The minimum atomic E-state index is 0.794. The molecule has 0 aromatic heterocycles. The maximum atomic E-state index is 3.54. The molecule has 0 saturated heterocycles. The van der Waals surface area contributed by atoms with Gasteiger partial charge in [-0.15, -0.1) is 0 Å². The third kappa shape index (κ3) is 3.49. The molecule has 2 rings (SSSR count). The molecule has 1 N–H and O–H groups in total. The normalized spacial score (nSPS) is 16.6. The minimum absolute atomic E-state index is 0.794. The van der Waals surface area contributed by atoms with Crippen molar-refractivity contribution < 1.29 is 0 Å². The van der Waals surface area contributed by atoms with E-state index in [0.717, 1.165) is 12.6 Å². The summed E-state index contributed by atoms with van der Waals surface area (Å²) in [7, 11) is 0. The monoisotopic (exact) mass is 215 g/mol. The Morgan fingerprint density at radius 2 is 1.88 bits per heavy atom. The Balaban J connectivity index is 2.01. The van der Waals surface area contributed by atoms with Crippen molar-refractivity contribution in [2.45, 2.75) is 39.7 Å². The fraction of sp³-hybridized carbons (Fsp3) is 0.467. The highest BCUT2D eigenvalue weighted by molar-refractivity contribution is 5.54. The third-order valence-electron chi connectivity index (χ3n) is 2.90. The van der Waals surface area contributed by atoms with Gasteiger partial charge < -0.3 is 5.32 Å². The Morgan fingerprint density at radius 3 is 2.44 bits per heavy atom. The molecular weight excluding hydrogens is 194 g/mol. The quantitative estimate of drug-likeness (QED) is 0.811. The summed E-state index contributed by atoms with van der Waals surface area (Å²) in [6.07, 6.45) is 5.00. The van der Waals surface area contributed by atoms with Crippen LogP contribution < -0.4 is 5.32 Å². The molecule has 0 amide bonds. The van der Waals surface area contributed by atoms with Gasteiger partial charge in [-0.3, -0.25) is 0 Å².